The Hall–Kier alpha value is -2.68. The van der Waals surface area contributed by atoms with Crippen molar-refractivity contribution in [2.45, 2.75) is 11.6 Å². The van der Waals surface area contributed by atoms with Crippen LogP contribution >= 0.6 is 0 Å². The molecule has 1 aliphatic carbocycles. The molecule has 0 saturated carbocycles. The van der Waals surface area contributed by atoms with Gasteiger partial charge >= 0.3 is 0 Å². The zero-order valence-electron chi connectivity index (χ0n) is 9.46. The third-order valence-corrected chi connectivity index (χ3v) is 2.83. The third kappa shape index (κ3) is 1.94. The van der Waals surface area contributed by atoms with Crippen molar-refractivity contribution in [1.29, 1.82) is 0 Å². The number of allylic oxidation sites excluding steroid dienone is 2. The second kappa shape index (κ2) is 5.10. The Balaban J connectivity index is 2.62. The number of rotatable bonds is 3. The molecule has 0 amide bonds. The van der Waals surface area contributed by atoms with Gasteiger partial charge in [0.05, 0.1) is 6.04 Å². The SMILES string of the molecule is [N-]=[N+]=NC1C=CC=CC1(N=[N+]=[N-])c1ccccc1. The van der Waals surface area contributed by atoms with E-state index in [1.54, 1.807) is 24.3 Å². The highest BCUT2D eigenvalue weighted by atomic mass is 15.2. The molecule has 1 aliphatic rings. The first-order valence-electron chi connectivity index (χ1n) is 5.35. The maximum Gasteiger partial charge on any atom is 0.104 e. The van der Waals surface area contributed by atoms with Crippen LogP contribution in [0.2, 0.25) is 0 Å². The Morgan fingerprint density at radius 1 is 1.06 bits per heavy atom. The highest BCUT2D eigenvalue weighted by Gasteiger charge is 2.36. The summed E-state index contributed by atoms with van der Waals surface area (Å²) >= 11 is 0. The van der Waals surface area contributed by atoms with Gasteiger partial charge in [0.15, 0.2) is 0 Å². The monoisotopic (exact) mass is 238 g/mol. The molecule has 18 heavy (non-hydrogen) atoms. The minimum atomic E-state index is -0.989. The van der Waals surface area contributed by atoms with Gasteiger partial charge in [-0.1, -0.05) is 64.9 Å². The number of azide groups is 2. The smallest absolute Gasteiger partial charge is 0.0851 e. The van der Waals surface area contributed by atoms with Crippen LogP contribution in [0.3, 0.4) is 0 Å². The van der Waals surface area contributed by atoms with Crippen molar-refractivity contribution >= 4 is 0 Å². The van der Waals surface area contributed by atoms with Crippen LogP contribution < -0.4 is 0 Å². The normalized spacial score (nSPS) is 25.0. The van der Waals surface area contributed by atoms with Crippen LogP contribution in [0, 0.1) is 0 Å². The molecule has 0 N–H and O–H groups in total. The summed E-state index contributed by atoms with van der Waals surface area (Å²) in [5.74, 6) is 0. The summed E-state index contributed by atoms with van der Waals surface area (Å²) in [6.45, 7) is 0. The highest BCUT2D eigenvalue weighted by Crippen LogP contribution is 2.36. The highest BCUT2D eigenvalue weighted by molar-refractivity contribution is 5.39. The van der Waals surface area contributed by atoms with Crippen molar-refractivity contribution in [2.24, 2.45) is 10.2 Å². The van der Waals surface area contributed by atoms with E-state index < -0.39 is 11.6 Å². The number of hydrogen-bond acceptors (Lipinski definition) is 2. The third-order valence-electron chi connectivity index (χ3n) is 2.83. The van der Waals surface area contributed by atoms with Crippen molar-refractivity contribution in [3.05, 3.63) is 81.1 Å². The maximum atomic E-state index is 8.80. The van der Waals surface area contributed by atoms with Gasteiger partial charge in [-0.3, -0.25) is 0 Å². The molecule has 2 unspecified atom stereocenters. The fourth-order valence-corrected chi connectivity index (χ4v) is 2.00. The Morgan fingerprint density at radius 3 is 2.50 bits per heavy atom. The van der Waals surface area contributed by atoms with Crippen LogP contribution in [0.4, 0.5) is 0 Å². The minimum absolute atomic E-state index is 0.564. The second-order valence-corrected chi connectivity index (χ2v) is 3.77. The van der Waals surface area contributed by atoms with Gasteiger partial charge in [-0.15, -0.1) is 0 Å². The molecule has 0 bridgehead atoms. The van der Waals surface area contributed by atoms with Crippen molar-refractivity contribution in [1.82, 2.24) is 0 Å². The van der Waals surface area contributed by atoms with Crippen LogP contribution in [0.15, 0.2) is 64.9 Å². The van der Waals surface area contributed by atoms with E-state index in [-0.39, 0.29) is 0 Å². The van der Waals surface area contributed by atoms with Gasteiger partial charge in [-0.25, -0.2) is 0 Å². The Labute approximate surface area is 104 Å². The summed E-state index contributed by atoms with van der Waals surface area (Å²) in [5, 5.41) is 7.57. The van der Waals surface area contributed by atoms with Gasteiger partial charge in [-0.05, 0) is 16.6 Å². The van der Waals surface area contributed by atoms with Crippen molar-refractivity contribution in [3.63, 3.8) is 0 Å². The van der Waals surface area contributed by atoms with Crippen LogP contribution in [0.1, 0.15) is 5.56 Å². The molecule has 2 rings (SSSR count). The molecular formula is C12H10N6. The molecule has 1 aromatic rings. The molecule has 0 fully saturated rings. The number of benzene rings is 1. The molecular weight excluding hydrogens is 228 g/mol. The minimum Gasteiger partial charge on any atom is -0.0851 e. The lowest BCUT2D eigenvalue weighted by Crippen LogP contribution is -2.34. The van der Waals surface area contributed by atoms with Crippen LogP contribution in [0.25, 0.3) is 20.9 Å². The Kier molecular flexibility index (Phi) is 3.34. The first-order valence-corrected chi connectivity index (χ1v) is 5.35. The summed E-state index contributed by atoms with van der Waals surface area (Å²) < 4.78 is 0. The average Bonchev–Trinajstić information content (AvgIpc) is 2.43. The maximum absolute atomic E-state index is 8.80. The number of nitrogens with zero attached hydrogens (tertiary/aromatic N) is 6. The van der Waals surface area contributed by atoms with Gasteiger partial charge in [0.2, 0.25) is 0 Å². The molecule has 0 aliphatic heterocycles. The lowest BCUT2D eigenvalue weighted by atomic mass is 9.81. The number of hydrogen-bond donors (Lipinski definition) is 0. The van der Waals surface area contributed by atoms with Crippen LogP contribution in [-0.4, -0.2) is 6.04 Å². The molecule has 0 spiro atoms. The molecule has 0 radical (unpaired) electrons. The van der Waals surface area contributed by atoms with Crippen molar-refractivity contribution in [3.8, 4) is 0 Å². The largest absolute Gasteiger partial charge is 0.104 e. The molecule has 6 heteroatoms. The predicted molar refractivity (Wildman–Crippen MR) is 68.5 cm³/mol. The zero-order valence-corrected chi connectivity index (χ0v) is 9.46. The lowest BCUT2D eigenvalue weighted by molar-refractivity contribution is 0.488. The van der Waals surface area contributed by atoms with E-state index >= 15 is 0 Å². The van der Waals surface area contributed by atoms with Gasteiger partial charge < -0.3 is 0 Å². The molecule has 0 saturated heterocycles. The molecule has 88 valence electrons. The molecule has 0 aromatic heterocycles. The van der Waals surface area contributed by atoms with Crippen molar-refractivity contribution in [2.75, 3.05) is 0 Å². The van der Waals surface area contributed by atoms with E-state index in [0.717, 1.165) is 5.56 Å². The fourth-order valence-electron chi connectivity index (χ4n) is 2.00. The molecule has 1 aromatic carbocycles. The summed E-state index contributed by atoms with van der Waals surface area (Å²) in [6, 6.07) is 8.70. The summed E-state index contributed by atoms with van der Waals surface area (Å²) in [5.41, 5.74) is 17.2. The Bertz CT molecular complexity index is 578. The first kappa shape index (κ1) is 11.8. The van der Waals surface area contributed by atoms with Gasteiger partial charge in [-0.2, -0.15) is 0 Å². The van der Waals surface area contributed by atoms with E-state index in [0.29, 0.717) is 0 Å². The molecule has 2 atom stereocenters. The summed E-state index contributed by atoms with van der Waals surface area (Å²) in [7, 11) is 0. The summed E-state index contributed by atoms with van der Waals surface area (Å²) in [6.07, 6.45) is 7.03. The predicted octanol–water partition coefficient (Wildman–Crippen LogP) is 4.00. The second-order valence-electron chi connectivity index (χ2n) is 3.77. The fraction of sp³-hybridized carbons (Fsp3) is 0.167. The standard InChI is InChI=1S/C12H10N6/c13-17-15-11-8-4-5-9-12(11,16-18-14)10-6-2-1-3-7-10/h1-9,11H. The van der Waals surface area contributed by atoms with Crippen LogP contribution in [0.5, 0.6) is 0 Å². The Morgan fingerprint density at radius 2 is 1.83 bits per heavy atom. The molecule has 0 heterocycles. The lowest BCUT2D eigenvalue weighted by Gasteiger charge is -2.31. The summed E-state index contributed by atoms with van der Waals surface area (Å²) in [4.78, 5) is 5.72. The van der Waals surface area contributed by atoms with Crippen molar-refractivity contribution < 1.29 is 0 Å². The van der Waals surface area contributed by atoms with E-state index in [9.17, 15) is 0 Å². The van der Waals surface area contributed by atoms with Gasteiger partial charge in [0, 0.05) is 9.82 Å². The van der Waals surface area contributed by atoms with Gasteiger partial charge in [0.1, 0.15) is 5.54 Å². The van der Waals surface area contributed by atoms with E-state index in [2.05, 4.69) is 20.1 Å². The van der Waals surface area contributed by atoms with E-state index in [4.69, 9.17) is 11.1 Å². The average molecular weight is 238 g/mol. The zero-order chi connectivity index (χ0) is 12.8. The topological polar surface area (TPSA) is 97.5 Å². The van der Waals surface area contributed by atoms with E-state index in [1.165, 1.54) is 0 Å². The molecule has 6 nitrogen and oxygen atoms in total. The first-order chi connectivity index (χ1) is 8.83. The van der Waals surface area contributed by atoms with Gasteiger partial charge in [0.25, 0.3) is 0 Å². The van der Waals surface area contributed by atoms with Crippen LogP contribution in [-0.2, 0) is 5.54 Å². The quantitative estimate of drug-likeness (QED) is 0.432. The van der Waals surface area contributed by atoms with E-state index in [1.807, 2.05) is 30.3 Å².